The van der Waals surface area contributed by atoms with Gasteiger partial charge in [-0.3, -0.25) is 0 Å². The number of methoxy groups -OCH3 is 1. The zero-order valence-electron chi connectivity index (χ0n) is 13.6. The smallest absolute Gasteiger partial charge is 0.407 e. The van der Waals surface area contributed by atoms with E-state index in [2.05, 4.69) is 15.3 Å². The monoisotopic (exact) mass is 308 g/mol. The largest absolute Gasteiger partial charge is 0.481 e. The zero-order valence-corrected chi connectivity index (χ0v) is 13.6. The molecule has 1 unspecified atom stereocenters. The Morgan fingerprint density at radius 2 is 2.23 bits per heavy atom. The number of aromatic nitrogens is 2. The fourth-order valence-corrected chi connectivity index (χ4v) is 2.35. The molecule has 1 aromatic rings. The third-order valence-corrected chi connectivity index (χ3v) is 3.25. The van der Waals surface area contributed by atoms with Gasteiger partial charge < -0.3 is 19.7 Å². The highest BCUT2D eigenvalue weighted by Gasteiger charge is 2.25. The Balaban J connectivity index is 1.95. The SMILES string of the molecule is COc1ccnc(N2CCCC(NC(=O)OC(C)(C)C)C2)n1. The third kappa shape index (κ3) is 4.75. The van der Waals surface area contributed by atoms with E-state index >= 15 is 0 Å². The number of nitrogens with zero attached hydrogens (tertiary/aromatic N) is 3. The summed E-state index contributed by atoms with van der Waals surface area (Å²) in [6.45, 7) is 7.07. The van der Waals surface area contributed by atoms with E-state index in [1.807, 2.05) is 25.7 Å². The minimum absolute atomic E-state index is 0.0263. The lowest BCUT2D eigenvalue weighted by molar-refractivity contribution is 0.0500. The first-order valence-corrected chi connectivity index (χ1v) is 7.49. The molecule has 2 rings (SSSR count). The van der Waals surface area contributed by atoms with Crippen LogP contribution in [0, 0.1) is 0 Å². The van der Waals surface area contributed by atoms with Crippen molar-refractivity contribution in [1.82, 2.24) is 15.3 Å². The third-order valence-electron chi connectivity index (χ3n) is 3.25. The fourth-order valence-electron chi connectivity index (χ4n) is 2.35. The molecule has 1 aliphatic heterocycles. The summed E-state index contributed by atoms with van der Waals surface area (Å²) in [7, 11) is 1.58. The number of ether oxygens (including phenoxy) is 2. The number of nitrogens with one attached hydrogen (secondary N) is 1. The lowest BCUT2D eigenvalue weighted by Gasteiger charge is -2.33. The summed E-state index contributed by atoms with van der Waals surface area (Å²) in [4.78, 5) is 22.5. The quantitative estimate of drug-likeness (QED) is 0.920. The molecule has 1 aromatic heterocycles. The van der Waals surface area contributed by atoms with Gasteiger partial charge in [0, 0.05) is 31.4 Å². The lowest BCUT2D eigenvalue weighted by atomic mass is 10.1. The number of alkyl carbamates (subject to hydrolysis) is 1. The van der Waals surface area contributed by atoms with Crippen molar-refractivity contribution in [2.45, 2.75) is 45.3 Å². The van der Waals surface area contributed by atoms with Gasteiger partial charge in [-0.25, -0.2) is 9.78 Å². The van der Waals surface area contributed by atoms with E-state index in [4.69, 9.17) is 9.47 Å². The summed E-state index contributed by atoms with van der Waals surface area (Å²) in [5.74, 6) is 1.15. The van der Waals surface area contributed by atoms with Gasteiger partial charge in [-0.05, 0) is 33.6 Å². The van der Waals surface area contributed by atoms with Crippen LogP contribution >= 0.6 is 0 Å². The molecule has 1 fully saturated rings. The van der Waals surface area contributed by atoms with Gasteiger partial charge in [0.2, 0.25) is 11.8 Å². The predicted octanol–water partition coefficient (Wildman–Crippen LogP) is 1.98. The molecule has 1 aliphatic rings. The Labute approximate surface area is 131 Å². The summed E-state index contributed by atoms with van der Waals surface area (Å²) >= 11 is 0. The van der Waals surface area contributed by atoms with Gasteiger partial charge in [-0.1, -0.05) is 0 Å². The molecule has 22 heavy (non-hydrogen) atoms. The van der Waals surface area contributed by atoms with Gasteiger partial charge in [0.05, 0.1) is 7.11 Å². The Kier molecular flexibility index (Phi) is 5.05. The van der Waals surface area contributed by atoms with Crippen molar-refractivity contribution in [3.05, 3.63) is 12.3 Å². The van der Waals surface area contributed by atoms with Crippen molar-refractivity contribution in [2.75, 3.05) is 25.1 Å². The van der Waals surface area contributed by atoms with E-state index in [-0.39, 0.29) is 12.1 Å². The molecule has 1 saturated heterocycles. The Morgan fingerprint density at radius 1 is 1.45 bits per heavy atom. The average Bonchev–Trinajstić information content (AvgIpc) is 2.45. The van der Waals surface area contributed by atoms with Gasteiger partial charge in [-0.2, -0.15) is 4.98 Å². The summed E-state index contributed by atoms with van der Waals surface area (Å²) in [6, 6.07) is 1.74. The zero-order chi connectivity index (χ0) is 16.2. The van der Waals surface area contributed by atoms with Crippen LogP contribution in [0.4, 0.5) is 10.7 Å². The van der Waals surface area contributed by atoms with E-state index in [0.717, 1.165) is 19.4 Å². The Bertz CT molecular complexity index is 516. The van der Waals surface area contributed by atoms with E-state index in [1.54, 1.807) is 19.4 Å². The molecule has 0 spiro atoms. The molecule has 1 amide bonds. The van der Waals surface area contributed by atoms with Crippen LogP contribution in [0.1, 0.15) is 33.6 Å². The molecule has 0 radical (unpaired) electrons. The molecular formula is C15H24N4O3. The van der Waals surface area contributed by atoms with E-state index in [1.165, 1.54) is 0 Å². The highest BCUT2D eigenvalue weighted by atomic mass is 16.6. The van der Waals surface area contributed by atoms with Crippen LogP contribution in [0.25, 0.3) is 0 Å². The maximum Gasteiger partial charge on any atom is 0.407 e. The van der Waals surface area contributed by atoms with E-state index in [0.29, 0.717) is 18.4 Å². The summed E-state index contributed by atoms with van der Waals surface area (Å²) in [5.41, 5.74) is -0.492. The molecule has 122 valence electrons. The van der Waals surface area contributed by atoms with Gasteiger partial charge in [0.15, 0.2) is 0 Å². The van der Waals surface area contributed by atoms with Gasteiger partial charge in [0.1, 0.15) is 5.60 Å². The minimum atomic E-state index is -0.492. The summed E-state index contributed by atoms with van der Waals surface area (Å²) in [6.07, 6.45) is 3.17. The van der Waals surface area contributed by atoms with Crippen molar-refractivity contribution in [1.29, 1.82) is 0 Å². The number of anilines is 1. The van der Waals surface area contributed by atoms with Crippen LogP contribution in [-0.4, -0.2) is 47.9 Å². The molecule has 0 saturated carbocycles. The first-order valence-electron chi connectivity index (χ1n) is 7.49. The first-order chi connectivity index (χ1) is 10.4. The first kappa shape index (κ1) is 16.3. The second-order valence-electron chi connectivity index (χ2n) is 6.33. The predicted molar refractivity (Wildman–Crippen MR) is 83.2 cm³/mol. The molecular weight excluding hydrogens is 284 g/mol. The second kappa shape index (κ2) is 6.81. The number of amides is 1. The second-order valence-corrected chi connectivity index (χ2v) is 6.33. The Hall–Kier alpha value is -2.05. The fraction of sp³-hybridized carbons (Fsp3) is 0.667. The van der Waals surface area contributed by atoms with Crippen LogP contribution in [-0.2, 0) is 4.74 Å². The van der Waals surface area contributed by atoms with Crippen molar-refractivity contribution >= 4 is 12.0 Å². The topological polar surface area (TPSA) is 76.6 Å². The van der Waals surface area contributed by atoms with Gasteiger partial charge in [0.25, 0.3) is 0 Å². The number of hydrogen-bond acceptors (Lipinski definition) is 6. The average molecular weight is 308 g/mol. The highest BCUT2D eigenvalue weighted by molar-refractivity contribution is 5.68. The molecule has 0 aliphatic carbocycles. The van der Waals surface area contributed by atoms with Gasteiger partial charge >= 0.3 is 6.09 Å². The number of carbonyl (C=O) groups is 1. The molecule has 1 N–H and O–H groups in total. The molecule has 7 heteroatoms. The maximum atomic E-state index is 11.9. The van der Waals surface area contributed by atoms with E-state index < -0.39 is 5.60 Å². The van der Waals surface area contributed by atoms with Crippen LogP contribution < -0.4 is 15.0 Å². The van der Waals surface area contributed by atoms with Crippen molar-refractivity contribution in [2.24, 2.45) is 0 Å². The van der Waals surface area contributed by atoms with Crippen molar-refractivity contribution < 1.29 is 14.3 Å². The Morgan fingerprint density at radius 3 is 2.91 bits per heavy atom. The molecule has 2 heterocycles. The normalized spacial score (nSPS) is 18.7. The molecule has 0 bridgehead atoms. The minimum Gasteiger partial charge on any atom is -0.481 e. The molecule has 1 atom stereocenters. The number of rotatable bonds is 3. The van der Waals surface area contributed by atoms with Crippen molar-refractivity contribution in [3.8, 4) is 5.88 Å². The number of piperidine rings is 1. The number of hydrogen-bond donors (Lipinski definition) is 1. The molecule has 0 aromatic carbocycles. The van der Waals surface area contributed by atoms with Crippen LogP contribution in [0.3, 0.4) is 0 Å². The van der Waals surface area contributed by atoms with Crippen LogP contribution in [0.5, 0.6) is 5.88 Å². The van der Waals surface area contributed by atoms with E-state index in [9.17, 15) is 4.79 Å². The van der Waals surface area contributed by atoms with Crippen molar-refractivity contribution in [3.63, 3.8) is 0 Å². The lowest BCUT2D eigenvalue weighted by Crippen LogP contribution is -2.49. The van der Waals surface area contributed by atoms with Crippen LogP contribution in [0.15, 0.2) is 12.3 Å². The maximum absolute atomic E-state index is 11.9. The summed E-state index contributed by atoms with van der Waals surface area (Å²) in [5, 5.41) is 2.91. The highest BCUT2D eigenvalue weighted by Crippen LogP contribution is 2.18. The standard InChI is InChI=1S/C15H24N4O3/c1-15(2,3)22-14(20)17-11-6-5-9-19(10-11)13-16-8-7-12(18-13)21-4/h7-8,11H,5-6,9-10H2,1-4H3,(H,17,20). The summed E-state index contributed by atoms with van der Waals surface area (Å²) < 4.78 is 10.4. The van der Waals surface area contributed by atoms with Crippen LogP contribution in [0.2, 0.25) is 0 Å². The van der Waals surface area contributed by atoms with Gasteiger partial charge in [-0.15, -0.1) is 0 Å². The number of carbonyl (C=O) groups excluding carboxylic acids is 1. The molecule has 7 nitrogen and oxygen atoms in total.